The molecule has 0 fully saturated rings. The SMILES string of the molecule is CCC=CCCC(CCCCC)C(CC(=O)O)C(=O)O. The van der Waals surface area contributed by atoms with Crippen LogP contribution < -0.4 is 0 Å². The van der Waals surface area contributed by atoms with E-state index in [-0.39, 0.29) is 12.3 Å². The van der Waals surface area contributed by atoms with Crippen LogP contribution >= 0.6 is 0 Å². The highest BCUT2D eigenvalue weighted by Crippen LogP contribution is 2.27. The fraction of sp³-hybridized carbons (Fsp3) is 0.750. The summed E-state index contributed by atoms with van der Waals surface area (Å²) in [5.41, 5.74) is 0. The first kappa shape index (κ1) is 18.7. The molecule has 20 heavy (non-hydrogen) atoms. The number of hydrogen-bond donors (Lipinski definition) is 2. The lowest BCUT2D eigenvalue weighted by molar-refractivity contribution is -0.150. The average Bonchev–Trinajstić information content (AvgIpc) is 2.39. The summed E-state index contributed by atoms with van der Waals surface area (Å²) in [6.07, 6.45) is 10.3. The molecule has 0 saturated heterocycles. The van der Waals surface area contributed by atoms with Crippen LogP contribution in [0.25, 0.3) is 0 Å². The fourth-order valence-corrected chi connectivity index (χ4v) is 2.44. The van der Waals surface area contributed by atoms with Crippen molar-refractivity contribution in [2.24, 2.45) is 11.8 Å². The van der Waals surface area contributed by atoms with E-state index in [9.17, 15) is 14.7 Å². The fourth-order valence-electron chi connectivity index (χ4n) is 2.44. The number of hydrogen-bond acceptors (Lipinski definition) is 2. The van der Waals surface area contributed by atoms with E-state index in [0.717, 1.165) is 44.9 Å². The van der Waals surface area contributed by atoms with Gasteiger partial charge in [0.25, 0.3) is 0 Å². The molecule has 0 aliphatic rings. The molecular formula is C16H28O4. The van der Waals surface area contributed by atoms with E-state index in [1.807, 2.05) is 0 Å². The molecule has 4 nitrogen and oxygen atoms in total. The van der Waals surface area contributed by atoms with Crippen molar-refractivity contribution in [3.8, 4) is 0 Å². The maximum absolute atomic E-state index is 11.3. The minimum absolute atomic E-state index is 0.0448. The Kier molecular flexibility index (Phi) is 10.7. The molecular weight excluding hydrogens is 256 g/mol. The summed E-state index contributed by atoms with van der Waals surface area (Å²) in [5, 5.41) is 18.2. The van der Waals surface area contributed by atoms with Gasteiger partial charge >= 0.3 is 11.9 Å². The summed E-state index contributed by atoms with van der Waals surface area (Å²) >= 11 is 0. The third-order valence-electron chi connectivity index (χ3n) is 3.57. The lowest BCUT2D eigenvalue weighted by Crippen LogP contribution is -2.26. The van der Waals surface area contributed by atoms with Crippen molar-refractivity contribution in [1.29, 1.82) is 0 Å². The molecule has 2 unspecified atom stereocenters. The number of aliphatic carboxylic acids is 2. The Morgan fingerprint density at radius 2 is 1.75 bits per heavy atom. The van der Waals surface area contributed by atoms with Gasteiger partial charge in [-0.1, -0.05) is 45.3 Å². The first-order valence-corrected chi connectivity index (χ1v) is 7.62. The standard InChI is InChI=1S/C16H28O4/c1-3-5-7-9-11-13(10-8-6-4-2)14(16(19)20)12-15(17)18/h5,7,13-14H,3-4,6,8-12H2,1-2H3,(H,17,18)(H,19,20). The normalized spacial score (nSPS) is 14.3. The second kappa shape index (κ2) is 11.5. The van der Waals surface area contributed by atoms with Gasteiger partial charge in [-0.05, 0) is 31.6 Å². The van der Waals surface area contributed by atoms with Gasteiger partial charge < -0.3 is 10.2 Å². The summed E-state index contributed by atoms with van der Waals surface area (Å²) < 4.78 is 0. The van der Waals surface area contributed by atoms with Crippen LogP contribution in [0.5, 0.6) is 0 Å². The molecule has 0 aliphatic heterocycles. The summed E-state index contributed by atoms with van der Waals surface area (Å²) in [4.78, 5) is 22.2. The van der Waals surface area contributed by atoms with E-state index in [0.29, 0.717) is 0 Å². The Bertz CT molecular complexity index is 310. The molecule has 0 rings (SSSR count). The largest absolute Gasteiger partial charge is 0.481 e. The molecule has 0 spiro atoms. The zero-order valence-electron chi connectivity index (χ0n) is 12.7. The van der Waals surface area contributed by atoms with Crippen molar-refractivity contribution in [2.45, 2.75) is 65.2 Å². The predicted octanol–water partition coefficient (Wildman–Crippen LogP) is 4.10. The Balaban J connectivity index is 4.61. The van der Waals surface area contributed by atoms with Gasteiger partial charge in [0.05, 0.1) is 12.3 Å². The van der Waals surface area contributed by atoms with Crippen LogP contribution in [0.4, 0.5) is 0 Å². The van der Waals surface area contributed by atoms with Crippen molar-refractivity contribution < 1.29 is 19.8 Å². The zero-order chi connectivity index (χ0) is 15.4. The number of allylic oxidation sites excluding steroid dienone is 2. The first-order chi connectivity index (χ1) is 9.52. The maximum Gasteiger partial charge on any atom is 0.307 e. The first-order valence-electron chi connectivity index (χ1n) is 7.62. The van der Waals surface area contributed by atoms with Crippen molar-refractivity contribution >= 4 is 11.9 Å². The van der Waals surface area contributed by atoms with Gasteiger partial charge in [0.2, 0.25) is 0 Å². The van der Waals surface area contributed by atoms with Gasteiger partial charge in [-0.2, -0.15) is 0 Å². The number of unbranched alkanes of at least 4 members (excludes halogenated alkanes) is 2. The molecule has 2 N–H and O–H groups in total. The quantitative estimate of drug-likeness (QED) is 0.418. The number of carbonyl (C=O) groups is 2. The van der Waals surface area contributed by atoms with E-state index in [2.05, 4.69) is 26.0 Å². The molecule has 0 aliphatic carbocycles. The average molecular weight is 284 g/mol. The van der Waals surface area contributed by atoms with E-state index in [1.165, 1.54) is 0 Å². The highest BCUT2D eigenvalue weighted by Gasteiger charge is 2.29. The number of carboxylic acids is 2. The van der Waals surface area contributed by atoms with Crippen molar-refractivity contribution in [2.75, 3.05) is 0 Å². The van der Waals surface area contributed by atoms with Gasteiger partial charge in [-0.25, -0.2) is 0 Å². The monoisotopic (exact) mass is 284 g/mol. The van der Waals surface area contributed by atoms with Gasteiger partial charge in [-0.15, -0.1) is 0 Å². The van der Waals surface area contributed by atoms with Gasteiger partial charge in [0.1, 0.15) is 0 Å². The van der Waals surface area contributed by atoms with Crippen LogP contribution in [0.3, 0.4) is 0 Å². The third-order valence-corrected chi connectivity index (χ3v) is 3.57. The van der Waals surface area contributed by atoms with Crippen molar-refractivity contribution in [3.05, 3.63) is 12.2 Å². The van der Waals surface area contributed by atoms with Crippen LogP contribution in [-0.4, -0.2) is 22.2 Å². The minimum Gasteiger partial charge on any atom is -0.481 e. The third kappa shape index (κ3) is 8.73. The molecule has 2 atom stereocenters. The summed E-state index contributed by atoms with van der Waals surface area (Å²) in [6.45, 7) is 4.16. The number of carboxylic acid groups (broad SMARTS) is 2. The molecule has 0 heterocycles. The highest BCUT2D eigenvalue weighted by molar-refractivity contribution is 5.77. The maximum atomic E-state index is 11.3. The predicted molar refractivity (Wildman–Crippen MR) is 79.7 cm³/mol. The minimum atomic E-state index is -1.03. The van der Waals surface area contributed by atoms with E-state index < -0.39 is 17.9 Å². The summed E-state index contributed by atoms with van der Waals surface area (Å²) in [5.74, 6) is -2.81. The molecule has 0 radical (unpaired) electrons. The molecule has 0 aromatic heterocycles. The van der Waals surface area contributed by atoms with E-state index in [1.54, 1.807) is 0 Å². The van der Waals surface area contributed by atoms with Crippen LogP contribution in [0.1, 0.15) is 65.2 Å². The Morgan fingerprint density at radius 1 is 1.05 bits per heavy atom. The lowest BCUT2D eigenvalue weighted by atomic mass is 9.82. The van der Waals surface area contributed by atoms with E-state index >= 15 is 0 Å². The molecule has 116 valence electrons. The molecule has 0 aromatic rings. The van der Waals surface area contributed by atoms with Crippen LogP contribution in [0.15, 0.2) is 12.2 Å². The Morgan fingerprint density at radius 3 is 2.25 bits per heavy atom. The van der Waals surface area contributed by atoms with Gasteiger partial charge in [0, 0.05) is 0 Å². The van der Waals surface area contributed by atoms with E-state index in [4.69, 9.17) is 5.11 Å². The highest BCUT2D eigenvalue weighted by atomic mass is 16.4. The summed E-state index contributed by atoms with van der Waals surface area (Å²) in [6, 6.07) is 0. The topological polar surface area (TPSA) is 74.6 Å². The molecule has 4 heteroatoms. The molecule has 0 amide bonds. The van der Waals surface area contributed by atoms with Crippen molar-refractivity contribution in [3.63, 3.8) is 0 Å². The van der Waals surface area contributed by atoms with Crippen LogP contribution in [0.2, 0.25) is 0 Å². The van der Waals surface area contributed by atoms with Gasteiger partial charge in [-0.3, -0.25) is 9.59 Å². The molecule has 0 bridgehead atoms. The van der Waals surface area contributed by atoms with Crippen molar-refractivity contribution in [1.82, 2.24) is 0 Å². The van der Waals surface area contributed by atoms with Crippen LogP contribution in [-0.2, 0) is 9.59 Å². The Hall–Kier alpha value is -1.32. The summed E-state index contributed by atoms with van der Waals surface area (Å²) in [7, 11) is 0. The lowest BCUT2D eigenvalue weighted by Gasteiger charge is -2.22. The zero-order valence-corrected chi connectivity index (χ0v) is 12.7. The molecule has 0 aromatic carbocycles. The van der Waals surface area contributed by atoms with Gasteiger partial charge in [0.15, 0.2) is 0 Å². The second-order valence-electron chi connectivity index (χ2n) is 5.26. The smallest absolute Gasteiger partial charge is 0.307 e. The number of rotatable bonds is 12. The Labute approximate surface area is 121 Å². The second-order valence-corrected chi connectivity index (χ2v) is 5.26. The molecule has 0 saturated carbocycles. The van der Waals surface area contributed by atoms with Crippen LogP contribution in [0, 0.1) is 11.8 Å².